The summed E-state index contributed by atoms with van der Waals surface area (Å²) in [5, 5.41) is 14.5. The summed E-state index contributed by atoms with van der Waals surface area (Å²) in [5.74, 6) is 0. The van der Waals surface area contributed by atoms with Crippen molar-refractivity contribution < 1.29 is 13.9 Å². The number of rotatable bonds is 5. The first-order valence-electron chi connectivity index (χ1n) is 5.82. The highest BCUT2D eigenvalue weighted by atomic mass is 19.3. The Morgan fingerprint density at radius 3 is 2.44 bits per heavy atom. The van der Waals surface area contributed by atoms with Crippen molar-refractivity contribution in [3.05, 3.63) is 48.0 Å². The number of benzene rings is 2. The monoisotopic (exact) mass is 251 g/mol. The van der Waals surface area contributed by atoms with E-state index in [0.29, 0.717) is 0 Å². The van der Waals surface area contributed by atoms with Crippen LogP contribution in [0.4, 0.5) is 8.78 Å². The SMILES string of the molecule is OC(CNCC(F)F)c1ccc2ccccc2c1. The lowest BCUT2D eigenvalue weighted by atomic mass is 10.0. The van der Waals surface area contributed by atoms with Gasteiger partial charge >= 0.3 is 0 Å². The van der Waals surface area contributed by atoms with Crippen LogP contribution in [0.3, 0.4) is 0 Å². The number of aliphatic hydroxyl groups is 1. The summed E-state index contributed by atoms with van der Waals surface area (Å²) in [6, 6.07) is 13.4. The molecule has 1 unspecified atom stereocenters. The smallest absolute Gasteiger partial charge is 0.250 e. The molecular formula is C14H15F2NO. The van der Waals surface area contributed by atoms with Crippen molar-refractivity contribution in [3.63, 3.8) is 0 Å². The molecule has 0 bridgehead atoms. The molecule has 2 nitrogen and oxygen atoms in total. The van der Waals surface area contributed by atoms with Crippen molar-refractivity contribution in [3.8, 4) is 0 Å². The second-order valence-electron chi connectivity index (χ2n) is 4.17. The summed E-state index contributed by atoms with van der Waals surface area (Å²) >= 11 is 0. The van der Waals surface area contributed by atoms with Gasteiger partial charge in [-0.15, -0.1) is 0 Å². The van der Waals surface area contributed by atoms with Crippen molar-refractivity contribution in [2.45, 2.75) is 12.5 Å². The zero-order valence-electron chi connectivity index (χ0n) is 9.81. The molecule has 2 rings (SSSR count). The van der Waals surface area contributed by atoms with Crippen LogP contribution in [0.25, 0.3) is 10.8 Å². The molecule has 0 aliphatic rings. The Morgan fingerprint density at radius 1 is 1.00 bits per heavy atom. The van der Waals surface area contributed by atoms with Gasteiger partial charge in [0.15, 0.2) is 0 Å². The van der Waals surface area contributed by atoms with Gasteiger partial charge in [-0.3, -0.25) is 0 Å². The third-order valence-corrected chi connectivity index (χ3v) is 2.79. The molecule has 0 saturated carbocycles. The Labute approximate surface area is 104 Å². The zero-order valence-corrected chi connectivity index (χ0v) is 9.81. The van der Waals surface area contributed by atoms with E-state index in [9.17, 15) is 13.9 Å². The van der Waals surface area contributed by atoms with Crippen LogP contribution in [-0.2, 0) is 0 Å². The molecule has 0 heterocycles. The molecule has 0 spiro atoms. The van der Waals surface area contributed by atoms with Crippen molar-refractivity contribution in [1.29, 1.82) is 0 Å². The van der Waals surface area contributed by atoms with Crippen LogP contribution in [-0.4, -0.2) is 24.6 Å². The summed E-state index contributed by atoms with van der Waals surface area (Å²) in [4.78, 5) is 0. The first-order valence-corrected chi connectivity index (χ1v) is 5.82. The number of fused-ring (bicyclic) bond motifs is 1. The normalized spacial score (nSPS) is 13.1. The van der Waals surface area contributed by atoms with Gasteiger partial charge in [0.25, 0.3) is 6.43 Å². The van der Waals surface area contributed by atoms with E-state index in [0.717, 1.165) is 16.3 Å². The molecule has 0 radical (unpaired) electrons. The van der Waals surface area contributed by atoms with Crippen molar-refractivity contribution in [2.24, 2.45) is 0 Å². The van der Waals surface area contributed by atoms with Crippen LogP contribution in [0.5, 0.6) is 0 Å². The summed E-state index contributed by atoms with van der Waals surface area (Å²) in [7, 11) is 0. The van der Waals surface area contributed by atoms with Gasteiger partial charge in [-0.05, 0) is 22.4 Å². The number of aliphatic hydroxyl groups excluding tert-OH is 1. The van der Waals surface area contributed by atoms with Gasteiger partial charge in [0.05, 0.1) is 12.6 Å². The topological polar surface area (TPSA) is 32.3 Å². The highest BCUT2D eigenvalue weighted by molar-refractivity contribution is 5.83. The van der Waals surface area contributed by atoms with E-state index in [4.69, 9.17) is 0 Å². The molecule has 2 aromatic rings. The van der Waals surface area contributed by atoms with Crippen LogP contribution >= 0.6 is 0 Å². The average Bonchev–Trinajstić information content (AvgIpc) is 2.37. The summed E-state index contributed by atoms with van der Waals surface area (Å²) in [6.45, 7) is -0.271. The van der Waals surface area contributed by atoms with E-state index in [1.54, 1.807) is 0 Å². The Morgan fingerprint density at radius 2 is 1.72 bits per heavy atom. The average molecular weight is 251 g/mol. The molecule has 0 fully saturated rings. The van der Waals surface area contributed by atoms with Crippen molar-refractivity contribution in [2.75, 3.05) is 13.1 Å². The first-order chi connectivity index (χ1) is 8.66. The Hall–Kier alpha value is -1.52. The van der Waals surface area contributed by atoms with Gasteiger partial charge < -0.3 is 10.4 Å². The van der Waals surface area contributed by atoms with Crippen molar-refractivity contribution in [1.82, 2.24) is 5.32 Å². The van der Waals surface area contributed by atoms with Crippen LogP contribution in [0.15, 0.2) is 42.5 Å². The van der Waals surface area contributed by atoms with Gasteiger partial charge in [-0.2, -0.15) is 0 Å². The van der Waals surface area contributed by atoms with E-state index < -0.39 is 19.1 Å². The number of halogens is 2. The van der Waals surface area contributed by atoms with Crippen LogP contribution in [0, 0.1) is 0 Å². The van der Waals surface area contributed by atoms with Gasteiger partial charge in [0.1, 0.15) is 0 Å². The largest absolute Gasteiger partial charge is 0.387 e. The highest BCUT2D eigenvalue weighted by Gasteiger charge is 2.09. The molecule has 2 aromatic carbocycles. The molecule has 0 aliphatic heterocycles. The van der Waals surface area contributed by atoms with E-state index in [1.165, 1.54) is 0 Å². The van der Waals surface area contributed by atoms with Gasteiger partial charge in [-0.25, -0.2) is 8.78 Å². The third-order valence-electron chi connectivity index (χ3n) is 2.79. The second kappa shape index (κ2) is 5.89. The van der Waals surface area contributed by atoms with E-state index in [1.807, 2.05) is 42.5 Å². The zero-order chi connectivity index (χ0) is 13.0. The first kappa shape index (κ1) is 12.9. The maximum absolute atomic E-state index is 12.0. The Kier molecular flexibility index (Phi) is 4.23. The minimum absolute atomic E-state index is 0.128. The second-order valence-corrected chi connectivity index (χ2v) is 4.17. The number of hydrogen-bond acceptors (Lipinski definition) is 2. The molecule has 18 heavy (non-hydrogen) atoms. The summed E-state index contributed by atoms with van der Waals surface area (Å²) in [5.41, 5.74) is 0.732. The molecule has 0 aromatic heterocycles. The summed E-state index contributed by atoms with van der Waals surface area (Å²) in [6.07, 6.45) is -3.16. The van der Waals surface area contributed by atoms with Crippen LogP contribution < -0.4 is 5.32 Å². The summed E-state index contributed by atoms with van der Waals surface area (Å²) < 4.78 is 23.9. The maximum Gasteiger partial charge on any atom is 0.250 e. The lowest BCUT2D eigenvalue weighted by Gasteiger charge is -2.12. The Balaban J connectivity index is 2.06. The molecule has 0 amide bonds. The highest BCUT2D eigenvalue weighted by Crippen LogP contribution is 2.19. The molecular weight excluding hydrogens is 236 g/mol. The fraction of sp³-hybridized carbons (Fsp3) is 0.286. The predicted octanol–water partition coefficient (Wildman–Crippen LogP) is 2.73. The fourth-order valence-electron chi connectivity index (χ4n) is 1.86. The number of hydrogen-bond donors (Lipinski definition) is 2. The quantitative estimate of drug-likeness (QED) is 0.856. The molecule has 0 aliphatic carbocycles. The van der Waals surface area contributed by atoms with Gasteiger partial charge in [0.2, 0.25) is 0 Å². The van der Waals surface area contributed by atoms with E-state index in [2.05, 4.69) is 5.32 Å². The standard InChI is InChI=1S/C14H15F2NO/c15-14(16)9-17-8-13(18)12-6-5-10-3-1-2-4-11(10)7-12/h1-7,13-14,17-18H,8-9H2. The molecule has 2 N–H and O–H groups in total. The van der Waals surface area contributed by atoms with Gasteiger partial charge in [-0.1, -0.05) is 36.4 Å². The van der Waals surface area contributed by atoms with E-state index in [-0.39, 0.29) is 6.54 Å². The molecule has 96 valence electrons. The third kappa shape index (κ3) is 3.24. The number of alkyl halides is 2. The van der Waals surface area contributed by atoms with Crippen LogP contribution in [0.1, 0.15) is 11.7 Å². The Bertz CT molecular complexity index is 516. The molecule has 1 atom stereocenters. The van der Waals surface area contributed by atoms with Crippen LogP contribution in [0.2, 0.25) is 0 Å². The predicted molar refractivity (Wildman–Crippen MR) is 67.8 cm³/mol. The minimum atomic E-state index is -2.39. The van der Waals surface area contributed by atoms with Crippen molar-refractivity contribution >= 4 is 10.8 Å². The fourth-order valence-corrected chi connectivity index (χ4v) is 1.86. The van der Waals surface area contributed by atoms with E-state index >= 15 is 0 Å². The van der Waals surface area contributed by atoms with Gasteiger partial charge in [0, 0.05) is 6.54 Å². The number of nitrogens with one attached hydrogen (secondary N) is 1. The molecule has 4 heteroatoms. The minimum Gasteiger partial charge on any atom is -0.387 e. The lowest BCUT2D eigenvalue weighted by Crippen LogP contribution is -2.26. The maximum atomic E-state index is 12.0. The lowest BCUT2D eigenvalue weighted by molar-refractivity contribution is 0.129. The molecule has 0 saturated heterocycles.